The summed E-state index contributed by atoms with van der Waals surface area (Å²) < 4.78 is 0. The molecule has 3 aliphatic heterocycles. The number of hydrogen-bond donors (Lipinski definition) is 1. The number of anilines is 1. The average molecular weight is 402 g/mol. The van der Waals surface area contributed by atoms with Crippen molar-refractivity contribution in [1.29, 1.82) is 0 Å². The molecule has 0 amide bonds. The van der Waals surface area contributed by atoms with Gasteiger partial charge in [-0.1, -0.05) is 48.2 Å². The van der Waals surface area contributed by atoms with Crippen LogP contribution in [0.2, 0.25) is 0 Å². The molecule has 3 aliphatic rings. The van der Waals surface area contributed by atoms with Crippen LogP contribution in [0, 0.1) is 5.92 Å². The SMILES string of the molecule is Nc1cccc(C2C3CCN(CC3)C2Cc2cccnc2)c1Sc1ccccc1. The Bertz CT molecular complexity index is 952. The summed E-state index contributed by atoms with van der Waals surface area (Å²) in [6.45, 7) is 2.44. The summed E-state index contributed by atoms with van der Waals surface area (Å²) in [6, 6.07) is 21.9. The van der Waals surface area contributed by atoms with E-state index in [0.29, 0.717) is 12.0 Å². The minimum absolute atomic E-state index is 0.517. The Morgan fingerprint density at radius 3 is 2.55 bits per heavy atom. The van der Waals surface area contributed by atoms with E-state index in [4.69, 9.17) is 5.73 Å². The van der Waals surface area contributed by atoms with Crippen molar-refractivity contribution >= 4 is 17.4 Å². The topological polar surface area (TPSA) is 42.1 Å². The molecule has 0 saturated carbocycles. The van der Waals surface area contributed by atoms with Gasteiger partial charge >= 0.3 is 0 Å². The quantitative estimate of drug-likeness (QED) is 0.594. The smallest absolute Gasteiger partial charge is 0.0458 e. The number of fused-ring (bicyclic) bond motifs is 3. The zero-order valence-electron chi connectivity index (χ0n) is 16.6. The fourth-order valence-corrected chi connectivity index (χ4v) is 6.23. The second-order valence-electron chi connectivity index (χ2n) is 8.21. The molecule has 2 bridgehead atoms. The predicted molar refractivity (Wildman–Crippen MR) is 120 cm³/mol. The third-order valence-electron chi connectivity index (χ3n) is 6.53. The third-order valence-corrected chi connectivity index (χ3v) is 7.71. The molecule has 3 saturated heterocycles. The Kier molecular flexibility index (Phi) is 5.30. The Balaban J connectivity index is 1.53. The second kappa shape index (κ2) is 8.21. The Morgan fingerprint density at radius 2 is 1.79 bits per heavy atom. The highest BCUT2D eigenvalue weighted by molar-refractivity contribution is 7.99. The molecule has 4 heterocycles. The van der Waals surface area contributed by atoms with Crippen LogP contribution in [0.3, 0.4) is 0 Å². The van der Waals surface area contributed by atoms with E-state index in [1.165, 1.54) is 46.8 Å². The van der Waals surface area contributed by atoms with E-state index in [-0.39, 0.29) is 0 Å². The molecule has 2 unspecified atom stereocenters. The number of nitrogen functional groups attached to an aromatic ring is 1. The van der Waals surface area contributed by atoms with Gasteiger partial charge in [-0.15, -0.1) is 0 Å². The van der Waals surface area contributed by atoms with Crippen LogP contribution in [0.15, 0.2) is 82.8 Å². The van der Waals surface area contributed by atoms with E-state index in [1.54, 1.807) is 0 Å². The van der Waals surface area contributed by atoms with Crippen molar-refractivity contribution in [2.45, 2.75) is 41.0 Å². The van der Waals surface area contributed by atoms with E-state index in [1.807, 2.05) is 30.2 Å². The van der Waals surface area contributed by atoms with Gasteiger partial charge in [0.15, 0.2) is 0 Å². The molecule has 3 nitrogen and oxygen atoms in total. The fraction of sp³-hybridized carbons (Fsp3) is 0.320. The molecule has 1 aromatic heterocycles. The largest absolute Gasteiger partial charge is 0.398 e. The maximum absolute atomic E-state index is 6.53. The molecule has 0 aliphatic carbocycles. The number of nitrogens with two attached hydrogens (primary N) is 1. The van der Waals surface area contributed by atoms with Crippen molar-refractivity contribution in [3.05, 3.63) is 84.2 Å². The van der Waals surface area contributed by atoms with Crippen LogP contribution in [0.25, 0.3) is 0 Å². The summed E-state index contributed by atoms with van der Waals surface area (Å²) in [5.41, 5.74) is 10.2. The molecule has 0 spiro atoms. The summed E-state index contributed by atoms with van der Waals surface area (Å²) in [5, 5.41) is 0. The van der Waals surface area contributed by atoms with Gasteiger partial charge in [-0.25, -0.2) is 0 Å². The number of piperidine rings is 3. The lowest BCUT2D eigenvalue weighted by Crippen LogP contribution is -2.54. The van der Waals surface area contributed by atoms with Crippen LogP contribution in [0.1, 0.15) is 29.9 Å². The number of hydrogen-bond acceptors (Lipinski definition) is 4. The summed E-state index contributed by atoms with van der Waals surface area (Å²) in [5.74, 6) is 1.26. The normalized spacial score (nSPS) is 25.8. The van der Waals surface area contributed by atoms with Crippen molar-refractivity contribution in [1.82, 2.24) is 9.88 Å². The number of benzene rings is 2. The molecule has 3 aromatic rings. The first-order valence-corrected chi connectivity index (χ1v) is 11.4. The van der Waals surface area contributed by atoms with Crippen molar-refractivity contribution in [2.24, 2.45) is 5.92 Å². The molecule has 29 heavy (non-hydrogen) atoms. The van der Waals surface area contributed by atoms with E-state index in [0.717, 1.165) is 18.0 Å². The van der Waals surface area contributed by atoms with Crippen molar-refractivity contribution in [3.8, 4) is 0 Å². The Morgan fingerprint density at radius 1 is 0.966 bits per heavy atom. The first kappa shape index (κ1) is 18.7. The van der Waals surface area contributed by atoms with Crippen LogP contribution in [-0.2, 0) is 6.42 Å². The maximum Gasteiger partial charge on any atom is 0.0458 e. The number of nitrogens with zero attached hydrogens (tertiary/aromatic N) is 2. The van der Waals surface area contributed by atoms with Crippen molar-refractivity contribution in [2.75, 3.05) is 18.8 Å². The minimum Gasteiger partial charge on any atom is -0.398 e. The minimum atomic E-state index is 0.517. The van der Waals surface area contributed by atoms with Crippen LogP contribution in [0.5, 0.6) is 0 Å². The highest BCUT2D eigenvalue weighted by atomic mass is 32.2. The maximum atomic E-state index is 6.53. The van der Waals surface area contributed by atoms with Crippen LogP contribution >= 0.6 is 11.8 Å². The fourth-order valence-electron chi connectivity index (χ4n) is 5.19. The first-order valence-electron chi connectivity index (χ1n) is 10.5. The van der Waals surface area contributed by atoms with Gasteiger partial charge in [0.2, 0.25) is 0 Å². The number of rotatable bonds is 5. The predicted octanol–water partition coefficient (Wildman–Crippen LogP) is 5.24. The van der Waals surface area contributed by atoms with E-state index in [2.05, 4.69) is 64.5 Å². The standard InChI is InChI=1S/C25H27N3S/c26-22-10-4-9-21(25(22)29-20-7-2-1-3-8-20)24-19-11-14-28(15-12-19)23(24)16-18-6-5-13-27-17-18/h1-10,13,17,19,23-24H,11-12,14-16,26H2. The molecule has 6 rings (SSSR count). The van der Waals surface area contributed by atoms with Crippen LogP contribution in [-0.4, -0.2) is 29.0 Å². The summed E-state index contributed by atoms with van der Waals surface area (Å²) in [7, 11) is 0. The van der Waals surface area contributed by atoms with Crippen LogP contribution in [0.4, 0.5) is 5.69 Å². The first-order chi connectivity index (χ1) is 14.3. The molecule has 2 aromatic carbocycles. The lowest BCUT2D eigenvalue weighted by atomic mass is 9.69. The zero-order chi connectivity index (χ0) is 19.6. The number of aromatic nitrogens is 1. The zero-order valence-corrected chi connectivity index (χ0v) is 17.4. The molecular formula is C25H27N3S. The summed E-state index contributed by atoms with van der Waals surface area (Å²) >= 11 is 1.81. The highest BCUT2D eigenvalue weighted by Crippen LogP contribution is 2.49. The number of pyridine rings is 1. The Labute approximate surface area is 177 Å². The van der Waals surface area contributed by atoms with Gasteiger partial charge in [-0.05, 0) is 73.7 Å². The highest BCUT2D eigenvalue weighted by Gasteiger charge is 2.43. The van der Waals surface area contributed by atoms with E-state index in [9.17, 15) is 0 Å². The molecule has 4 heteroatoms. The molecule has 0 radical (unpaired) electrons. The van der Waals surface area contributed by atoms with Crippen LogP contribution < -0.4 is 5.73 Å². The van der Waals surface area contributed by atoms with Gasteiger partial charge in [0, 0.05) is 39.8 Å². The Hall–Kier alpha value is -2.30. The molecule has 148 valence electrons. The summed E-state index contributed by atoms with van der Waals surface area (Å²) in [4.78, 5) is 9.55. The van der Waals surface area contributed by atoms with Gasteiger partial charge in [0.05, 0.1) is 0 Å². The van der Waals surface area contributed by atoms with Gasteiger partial charge < -0.3 is 5.73 Å². The lowest BCUT2D eigenvalue weighted by Gasteiger charge is -2.52. The monoisotopic (exact) mass is 401 g/mol. The van der Waals surface area contributed by atoms with Gasteiger partial charge in [-0.3, -0.25) is 9.88 Å². The summed E-state index contributed by atoms with van der Waals surface area (Å²) in [6.07, 6.45) is 7.52. The molecular weight excluding hydrogens is 374 g/mol. The lowest BCUT2D eigenvalue weighted by molar-refractivity contribution is 0.0248. The van der Waals surface area contributed by atoms with Gasteiger partial charge in [-0.2, -0.15) is 0 Å². The van der Waals surface area contributed by atoms with Crippen molar-refractivity contribution < 1.29 is 0 Å². The van der Waals surface area contributed by atoms with Gasteiger partial charge in [0.1, 0.15) is 0 Å². The molecule has 2 atom stereocenters. The average Bonchev–Trinajstić information content (AvgIpc) is 2.78. The van der Waals surface area contributed by atoms with E-state index < -0.39 is 0 Å². The van der Waals surface area contributed by atoms with E-state index >= 15 is 0 Å². The van der Waals surface area contributed by atoms with Gasteiger partial charge in [0.25, 0.3) is 0 Å². The molecule has 2 N–H and O–H groups in total. The molecule has 3 fully saturated rings. The second-order valence-corrected chi connectivity index (χ2v) is 9.30. The van der Waals surface area contributed by atoms with Crippen molar-refractivity contribution in [3.63, 3.8) is 0 Å². The third kappa shape index (κ3) is 3.79.